The number of aryl methyl sites for hydroxylation is 1. The molecule has 2 aliphatic rings. The smallest absolute Gasteiger partial charge is 0.270 e. The van der Waals surface area contributed by atoms with Crippen LogP contribution in [0.4, 0.5) is 5.69 Å². The Balaban J connectivity index is 1.62. The van der Waals surface area contributed by atoms with E-state index in [1.807, 2.05) is 6.07 Å². The fraction of sp³-hybridized carbons (Fsp3) is 0.579. The Morgan fingerprint density at radius 2 is 2.00 bits per heavy atom. The molecule has 1 heterocycles. The number of hydrogen-bond donors (Lipinski definition) is 2. The molecule has 1 fully saturated rings. The van der Waals surface area contributed by atoms with Gasteiger partial charge in [0, 0.05) is 40.8 Å². The number of nitro groups is 1. The Morgan fingerprint density at radius 3 is 2.75 bits per heavy atom. The van der Waals surface area contributed by atoms with Crippen LogP contribution in [0.3, 0.4) is 0 Å². The summed E-state index contributed by atoms with van der Waals surface area (Å²) in [5.41, 5.74) is 3.74. The number of aromatic amines is 1. The molecule has 5 heteroatoms. The number of nitrogens with one attached hydrogen (secondary N) is 2. The predicted octanol–water partition coefficient (Wildman–Crippen LogP) is 4.62. The highest BCUT2D eigenvalue weighted by Crippen LogP contribution is 2.37. The minimum Gasteiger partial charge on any atom is -0.357 e. The zero-order valence-corrected chi connectivity index (χ0v) is 14.2. The van der Waals surface area contributed by atoms with E-state index < -0.39 is 0 Å². The first-order valence-corrected chi connectivity index (χ1v) is 9.16. The van der Waals surface area contributed by atoms with Crippen LogP contribution in [-0.4, -0.2) is 15.9 Å². The van der Waals surface area contributed by atoms with Gasteiger partial charge >= 0.3 is 0 Å². The third-order valence-electron chi connectivity index (χ3n) is 5.85. The third-order valence-corrected chi connectivity index (χ3v) is 5.85. The Bertz CT molecular complexity index is 759. The molecule has 0 saturated heterocycles. The Morgan fingerprint density at radius 1 is 1.21 bits per heavy atom. The lowest BCUT2D eigenvalue weighted by atomic mass is 9.85. The van der Waals surface area contributed by atoms with E-state index in [2.05, 4.69) is 17.2 Å². The molecule has 5 nitrogen and oxygen atoms in total. The monoisotopic (exact) mass is 327 g/mol. The van der Waals surface area contributed by atoms with E-state index in [0.29, 0.717) is 12.1 Å². The SMILES string of the molecule is CC1CCC(NC2CCCc3c2[nH]c2ccc([N+](=O)[O-])cc32)CC1. The number of nitro benzene ring substituents is 1. The molecule has 128 valence electrons. The normalized spacial score (nSPS) is 27.1. The van der Waals surface area contributed by atoms with Gasteiger partial charge in [0.2, 0.25) is 0 Å². The quantitative estimate of drug-likeness (QED) is 0.638. The third kappa shape index (κ3) is 2.81. The first-order chi connectivity index (χ1) is 11.6. The minimum absolute atomic E-state index is 0.181. The maximum atomic E-state index is 11.1. The lowest BCUT2D eigenvalue weighted by molar-refractivity contribution is -0.384. The molecule has 1 saturated carbocycles. The molecule has 0 radical (unpaired) electrons. The second kappa shape index (κ2) is 6.20. The summed E-state index contributed by atoms with van der Waals surface area (Å²) in [5.74, 6) is 0.860. The van der Waals surface area contributed by atoms with Gasteiger partial charge < -0.3 is 10.3 Å². The van der Waals surface area contributed by atoms with Crippen LogP contribution in [0.25, 0.3) is 10.9 Å². The number of hydrogen-bond acceptors (Lipinski definition) is 3. The maximum absolute atomic E-state index is 11.1. The van der Waals surface area contributed by atoms with Gasteiger partial charge in [0.05, 0.1) is 4.92 Å². The molecular formula is C19H25N3O2. The summed E-state index contributed by atoms with van der Waals surface area (Å²) in [6, 6.07) is 6.15. The molecule has 2 N–H and O–H groups in total. The first kappa shape index (κ1) is 15.6. The van der Waals surface area contributed by atoms with Crippen molar-refractivity contribution < 1.29 is 4.92 Å². The van der Waals surface area contributed by atoms with Crippen LogP contribution in [-0.2, 0) is 6.42 Å². The molecule has 2 aromatic rings. The highest BCUT2D eigenvalue weighted by molar-refractivity contribution is 5.87. The number of nitrogens with zero attached hydrogens (tertiary/aromatic N) is 1. The number of non-ortho nitro benzene ring substituents is 1. The average molecular weight is 327 g/mol. The number of H-pyrrole nitrogens is 1. The van der Waals surface area contributed by atoms with E-state index in [4.69, 9.17) is 0 Å². The van der Waals surface area contributed by atoms with Crippen molar-refractivity contribution in [3.8, 4) is 0 Å². The molecule has 1 unspecified atom stereocenters. The summed E-state index contributed by atoms with van der Waals surface area (Å²) in [7, 11) is 0. The van der Waals surface area contributed by atoms with Crippen molar-refractivity contribution in [2.75, 3.05) is 0 Å². The van der Waals surface area contributed by atoms with Crippen LogP contribution in [0.1, 0.15) is 62.7 Å². The van der Waals surface area contributed by atoms with Gasteiger partial charge in [-0.1, -0.05) is 6.92 Å². The van der Waals surface area contributed by atoms with E-state index in [0.717, 1.165) is 36.1 Å². The summed E-state index contributed by atoms with van der Waals surface area (Å²) in [6.45, 7) is 2.35. The number of fused-ring (bicyclic) bond motifs is 3. The summed E-state index contributed by atoms with van der Waals surface area (Å²) in [4.78, 5) is 14.3. The molecular weight excluding hydrogens is 302 g/mol. The van der Waals surface area contributed by atoms with Gasteiger partial charge in [-0.3, -0.25) is 10.1 Å². The van der Waals surface area contributed by atoms with E-state index in [9.17, 15) is 10.1 Å². The summed E-state index contributed by atoms with van der Waals surface area (Å²) in [6.07, 6.45) is 8.46. The van der Waals surface area contributed by atoms with Gasteiger partial charge in [-0.15, -0.1) is 0 Å². The Labute approximate surface area is 142 Å². The van der Waals surface area contributed by atoms with Crippen LogP contribution in [0.5, 0.6) is 0 Å². The second-order valence-corrected chi connectivity index (χ2v) is 7.57. The molecule has 2 aliphatic carbocycles. The largest absolute Gasteiger partial charge is 0.357 e. The molecule has 1 aromatic carbocycles. The lowest BCUT2D eigenvalue weighted by Gasteiger charge is -2.32. The lowest BCUT2D eigenvalue weighted by Crippen LogP contribution is -2.37. The van der Waals surface area contributed by atoms with E-state index in [1.165, 1.54) is 36.9 Å². The van der Waals surface area contributed by atoms with E-state index in [1.54, 1.807) is 12.1 Å². The van der Waals surface area contributed by atoms with Gasteiger partial charge in [-0.25, -0.2) is 0 Å². The fourth-order valence-corrected chi connectivity index (χ4v) is 4.44. The Kier molecular flexibility index (Phi) is 4.04. The number of benzene rings is 1. The van der Waals surface area contributed by atoms with Crippen molar-refractivity contribution in [1.82, 2.24) is 10.3 Å². The van der Waals surface area contributed by atoms with Gasteiger partial charge in [-0.05, 0) is 62.5 Å². The van der Waals surface area contributed by atoms with E-state index in [-0.39, 0.29) is 10.6 Å². The zero-order valence-electron chi connectivity index (χ0n) is 14.2. The fourth-order valence-electron chi connectivity index (χ4n) is 4.44. The molecule has 0 spiro atoms. The van der Waals surface area contributed by atoms with Crippen molar-refractivity contribution in [1.29, 1.82) is 0 Å². The minimum atomic E-state index is -0.305. The zero-order chi connectivity index (χ0) is 16.7. The van der Waals surface area contributed by atoms with Crippen molar-refractivity contribution in [3.63, 3.8) is 0 Å². The predicted molar refractivity (Wildman–Crippen MR) is 95.2 cm³/mol. The topological polar surface area (TPSA) is 71.0 Å². The van der Waals surface area contributed by atoms with Crippen molar-refractivity contribution in [2.24, 2.45) is 5.92 Å². The van der Waals surface area contributed by atoms with Crippen LogP contribution >= 0.6 is 0 Å². The average Bonchev–Trinajstić information content (AvgIpc) is 2.96. The highest BCUT2D eigenvalue weighted by Gasteiger charge is 2.28. The van der Waals surface area contributed by atoms with Gasteiger partial charge in [0.15, 0.2) is 0 Å². The maximum Gasteiger partial charge on any atom is 0.270 e. The van der Waals surface area contributed by atoms with Crippen molar-refractivity contribution in [3.05, 3.63) is 39.6 Å². The van der Waals surface area contributed by atoms with Crippen molar-refractivity contribution >= 4 is 16.6 Å². The van der Waals surface area contributed by atoms with Gasteiger partial charge in [0.25, 0.3) is 5.69 Å². The van der Waals surface area contributed by atoms with Crippen LogP contribution in [0.2, 0.25) is 0 Å². The van der Waals surface area contributed by atoms with Gasteiger partial charge in [0.1, 0.15) is 0 Å². The molecule has 0 bridgehead atoms. The first-order valence-electron chi connectivity index (χ1n) is 9.16. The molecule has 1 atom stereocenters. The molecule has 0 aliphatic heterocycles. The molecule has 1 aromatic heterocycles. The standard InChI is InChI=1S/C19H25N3O2/c1-12-5-7-13(8-6-12)20-18-4-2-3-15-16-11-14(22(23)24)9-10-17(16)21-19(15)18/h9-13,18,20-21H,2-8H2,1H3. The number of rotatable bonds is 3. The molecule has 24 heavy (non-hydrogen) atoms. The second-order valence-electron chi connectivity index (χ2n) is 7.57. The summed E-state index contributed by atoms with van der Waals surface area (Å²) >= 11 is 0. The summed E-state index contributed by atoms with van der Waals surface area (Å²) in [5, 5.41) is 16.0. The van der Waals surface area contributed by atoms with Crippen LogP contribution in [0.15, 0.2) is 18.2 Å². The summed E-state index contributed by atoms with van der Waals surface area (Å²) < 4.78 is 0. The van der Waals surface area contributed by atoms with Crippen LogP contribution in [0, 0.1) is 16.0 Å². The highest BCUT2D eigenvalue weighted by atomic mass is 16.6. The van der Waals surface area contributed by atoms with Crippen LogP contribution < -0.4 is 5.32 Å². The van der Waals surface area contributed by atoms with Crippen molar-refractivity contribution in [2.45, 2.75) is 64.0 Å². The van der Waals surface area contributed by atoms with Gasteiger partial charge in [-0.2, -0.15) is 0 Å². The molecule has 4 rings (SSSR count). The Hall–Kier alpha value is -1.88. The molecule has 0 amide bonds. The number of aromatic nitrogens is 1. The van der Waals surface area contributed by atoms with E-state index >= 15 is 0 Å².